The molecular formula is C13H21N3O3. The Balaban J connectivity index is 2.08. The highest BCUT2D eigenvalue weighted by Gasteiger charge is 2.19. The third-order valence-electron chi connectivity index (χ3n) is 3.58. The third-order valence-corrected chi connectivity index (χ3v) is 3.58. The van der Waals surface area contributed by atoms with Gasteiger partial charge in [0.25, 0.3) is 5.56 Å². The van der Waals surface area contributed by atoms with E-state index in [4.69, 9.17) is 4.74 Å². The van der Waals surface area contributed by atoms with E-state index in [1.165, 1.54) is 11.6 Å². The first kappa shape index (κ1) is 14.0. The Morgan fingerprint density at radius 2 is 2.16 bits per heavy atom. The predicted molar refractivity (Wildman–Crippen MR) is 72.2 cm³/mol. The van der Waals surface area contributed by atoms with E-state index < -0.39 is 0 Å². The number of hydrogen-bond acceptors (Lipinski definition) is 4. The molecule has 2 atom stereocenters. The van der Waals surface area contributed by atoms with Crippen molar-refractivity contribution < 1.29 is 4.74 Å². The van der Waals surface area contributed by atoms with Crippen LogP contribution in [0.2, 0.25) is 0 Å². The Morgan fingerprint density at radius 3 is 2.84 bits per heavy atom. The number of nitrogens with zero attached hydrogens (tertiary/aromatic N) is 2. The number of nitrogens with one attached hydrogen (secondary N) is 1. The van der Waals surface area contributed by atoms with Gasteiger partial charge in [-0.3, -0.25) is 9.36 Å². The minimum Gasteiger partial charge on any atom is -0.378 e. The first-order valence-electron chi connectivity index (χ1n) is 6.59. The zero-order valence-corrected chi connectivity index (χ0v) is 11.7. The molecule has 106 valence electrons. The molecule has 1 aromatic rings. The Kier molecular flexibility index (Phi) is 4.21. The fraction of sp³-hybridized carbons (Fsp3) is 0.692. The summed E-state index contributed by atoms with van der Waals surface area (Å²) in [5.74, 6) is 0. The molecule has 0 spiro atoms. The molecule has 1 aromatic heterocycles. The van der Waals surface area contributed by atoms with E-state index in [1.807, 2.05) is 0 Å². The van der Waals surface area contributed by atoms with Gasteiger partial charge in [-0.2, -0.15) is 0 Å². The molecule has 1 aliphatic rings. The largest absolute Gasteiger partial charge is 0.378 e. The van der Waals surface area contributed by atoms with Crippen molar-refractivity contribution in [1.82, 2.24) is 14.5 Å². The van der Waals surface area contributed by atoms with Crippen LogP contribution in [0.5, 0.6) is 0 Å². The highest BCUT2D eigenvalue weighted by Crippen LogP contribution is 2.13. The first-order chi connectivity index (χ1) is 8.99. The van der Waals surface area contributed by atoms with Crippen molar-refractivity contribution in [3.05, 3.63) is 32.6 Å². The van der Waals surface area contributed by atoms with Crippen molar-refractivity contribution in [3.63, 3.8) is 0 Å². The van der Waals surface area contributed by atoms with Crippen LogP contribution in [-0.2, 0) is 25.4 Å². The molecule has 2 rings (SSSR count). The summed E-state index contributed by atoms with van der Waals surface area (Å²) < 4.78 is 8.06. The molecule has 2 unspecified atom stereocenters. The Morgan fingerprint density at radius 1 is 1.42 bits per heavy atom. The zero-order valence-electron chi connectivity index (χ0n) is 11.7. The molecule has 19 heavy (non-hydrogen) atoms. The van der Waals surface area contributed by atoms with Crippen LogP contribution in [0.15, 0.2) is 15.8 Å². The molecule has 1 N–H and O–H groups in total. The van der Waals surface area contributed by atoms with E-state index in [2.05, 4.69) is 12.2 Å². The molecule has 6 heteroatoms. The number of ether oxygens (including phenoxy) is 1. The fourth-order valence-corrected chi connectivity index (χ4v) is 2.44. The van der Waals surface area contributed by atoms with Crippen molar-refractivity contribution in [3.8, 4) is 0 Å². The average Bonchev–Trinajstić information content (AvgIpc) is 2.39. The van der Waals surface area contributed by atoms with E-state index >= 15 is 0 Å². The van der Waals surface area contributed by atoms with Crippen LogP contribution in [0.1, 0.15) is 25.3 Å². The van der Waals surface area contributed by atoms with E-state index in [0.29, 0.717) is 18.2 Å². The maximum absolute atomic E-state index is 12.0. The summed E-state index contributed by atoms with van der Waals surface area (Å²) in [7, 11) is 3.16. The van der Waals surface area contributed by atoms with Gasteiger partial charge >= 0.3 is 5.69 Å². The summed E-state index contributed by atoms with van der Waals surface area (Å²) in [4.78, 5) is 23.5. The van der Waals surface area contributed by atoms with Gasteiger partial charge < -0.3 is 14.6 Å². The van der Waals surface area contributed by atoms with Gasteiger partial charge in [-0.25, -0.2) is 4.79 Å². The number of aromatic nitrogens is 2. The highest BCUT2D eigenvalue weighted by atomic mass is 16.5. The molecule has 0 aliphatic carbocycles. The summed E-state index contributed by atoms with van der Waals surface area (Å²) in [6.07, 6.45) is 3.78. The standard InChI is InChI=1S/C13H21N3O3/c1-9-6-11(4-5-19-9)14-7-10-8-15(2)13(18)16(3)12(10)17/h8-9,11,14H,4-7H2,1-3H3. The monoisotopic (exact) mass is 267 g/mol. The van der Waals surface area contributed by atoms with Crippen LogP contribution >= 0.6 is 0 Å². The van der Waals surface area contributed by atoms with Crippen LogP contribution in [-0.4, -0.2) is 27.9 Å². The van der Waals surface area contributed by atoms with Crippen LogP contribution in [0.25, 0.3) is 0 Å². The molecular weight excluding hydrogens is 246 g/mol. The van der Waals surface area contributed by atoms with Gasteiger partial charge in [0.2, 0.25) is 0 Å². The van der Waals surface area contributed by atoms with Crippen molar-refractivity contribution in [2.24, 2.45) is 14.1 Å². The summed E-state index contributed by atoms with van der Waals surface area (Å²) in [5.41, 5.74) is 0.0906. The molecule has 0 aromatic carbocycles. The molecule has 1 aliphatic heterocycles. The van der Waals surface area contributed by atoms with E-state index in [9.17, 15) is 9.59 Å². The zero-order chi connectivity index (χ0) is 14.0. The van der Waals surface area contributed by atoms with Gasteiger partial charge in [-0.1, -0.05) is 0 Å². The minimum absolute atomic E-state index is 0.226. The molecule has 0 saturated carbocycles. The lowest BCUT2D eigenvalue weighted by Crippen LogP contribution is -2.42. The lowest BCUT2D eigenvalue weighted by atomic mass is 10.0. The summed E-state index contributed by atoms with van der Waals surface area (Å²) in [6.45, 7) is 3.29. The van der Waals surface area contributed by atoms with Crippen LogP contribution in [0, 0.1) is 0 Å². The lowest BCUT2D eigenvalue weighted by molar-refractivity contribution is 0.0130. The first-order valence-corrected chi connectivity index (χ1v) is 6.59. The van der Waals surface area contributed by atoms with Crippen LogP contribution in [0.4, 0.5) is 0 Å². The normalized spacial score (nSPS) is 23.5. The fourth-order valence-electron chi connectivity index (χ4n) is 2.44. The topological polar surface area (TPSA) is 65.3 Å². The summed E-state index contributed by atoms with van der Waals surface area (Å²) in [5, 5.41) is 3.37. The number of hydrogen-bond donors (Lipinski definition) is 1. The van der Waals surface area contributed by atoms with Crippen molar-refractivity contribution in [1.29, 1.82) is 0 Å². The summed E-state index contributed by atoms with van der Waals surface area (Å²) in [6, 6.07) is 0.366. The Bertz CT molecular complexity index is 561. The highest BCUT2D eigenvalue weighted by molar-refractivity contribution is 5.05. The smallest absolute Gasteiger partial charge is 0.330 e. The molecule has 0 amide bonds. The average molecular weight is 267 g/mol. The van der Waals surface area contributed by atoms with Gasteiger partial charge in [0, 0.05) is 45.0 Å². The molecule has 0 radical (unpaired) electrons. The van der Waals surface area contributed by atoms with Crippen LogP contribution < -0.4 is 16.6 Å². The maximum Gasteiger partial charge on any atom is 0.330 e. The molecule has 0 bridgehead atoms. The van der Waals surface area contributed by atoms with Gasteiger partial charge in [0.05, 0.1) is 6.10 Å². The van der Waals surface area contributed by atoms with Gasteiger partial charge in [0.15, 0.2) is 0 Å². The van der Waals surface area contributed by atoms with Gasteiger partial charge in [0.1, 0.15) is 0 Å². The van der Waals surface area contributed by atoms with Crippen molar-refractivity contribution in [2.75, 3.05) is 6.61 Å². The van der Waals surface area contributed by atoms with Crippen LogP contribution in [0.3, 0.4) is 0 Å². The predicted octanol–water partition coefficient (Wildman–Crippen LogP) is -0.259. The van der Waals surface area contributed by atoms with Gasteiger partial charge in [-0.15, -0.1) is 0 Å². The SMILES string of the molecule is CC1CC(NCc2cn(C)c(=O)n(C)c2=O)CCO1. The van der Waals surface area contributed by atoms with E-state index in [-0.39, 0.29) is 17.4 Å². The van der Waals surface area contributed by atoms with E-state index in [0.717, 1.165) is 24.0 Å². The minimum atomic E-state index is -0.298. The quantitative estimate of drug-likeness (QED) is 0.819. The molecule has 1 fully saturated rings. The third kappa shape index (κ3) is 3.13. The summed E-state index contributed by atoms with van der Waals surface area (Å²) >= 11 is 0. The second-order valence-electron chi connectivity index (χ2n) is 5.20. The number of rotatable bonds is 3. The van der Waals surface area contributed by atoms with E-state index in [1.54, 1.807) is 13.2 Å². The Labute approximate surface area is 112 Å². The van der Waals surface area contributed by atoms with Gasteiger partial charge in [-0.05, 0) is 19.8 Å². The molecule has 2 heterocycles. The lowest BCUT2D eigenvalue weighted by Gasteiger charge is -2.28. The maximum atomic E-state index is 12.0. The second-order valence-corrected chi connectivity index (χ2v) is 5.20. The molecule has 6 nitrogen and oxygen atoms in total. The number of aryl methyl sites for hydroxylation is 1. The van der Waals surface area contributed by atoms with Crippen molar-refractivity contribution >= 4 is 0 Å². The second kappa shape index (κ2) is 5.71. The Hall–Kier alpha value is -1.40. The molecule has 1 saturated heterocycles. The van der Waals surface area contributed by atoms with Crippen molar-refractivity contribution in [2.45, 2.75) is 38.5 Å².